The molecule has 174 valence electrons. The summed E-state index contributed by atoms with van der Waals surface area (Å²) in [5.74, 6) is -0.427. The average Bonchev–Trinajstić information content (AvgIpc) is 3.20. The van der Waals surface area contributed by atoms with Crippen molar-refractivity contribution >= 4 is 37.2 Å². The SMILES string of the molecule is C[C@@H]1[C@@H]([Si](C)(C)O)[C@H](CCO)O[C@@]12C(=O)N(c1ccccc1)c1ccc(N3CCC3=O)cc12. The number of para-hydroxylation sites is 1. The zero-order chi connectivity index (χ0) is 23.5. The van der Waals surface area contributed by atoms with Crippen LogP contribution in [-0.4, -0.2) is 49.3 Å². The summed E-state index contributed by atoms with van der Waals surface area (Å²) in [6.07, 6.45) is 0.444. The number of nitrogens with zero attached hydrogens (tertiary/aromatic N) is 2. The van der Waals surface area contributed by atoms with Crippen LogP contribution >= 0.6 is 0 Å². The highest BCUT2D eigenvalue weighted by molar-refractivity contribution is 6.71. The molecule has 3 heterocycles. The molecule has 1 spiro atoms. The van der Waals surface area contributed by atoms with Gasteiger partial charge >= 0.3 is 0 Å². The minimum absolute atomic E-state index is 0.0635. The number of anilines is 3. The van der Waals surface area contributed by atoms with E-state index in [9.17, 15) is 19.5 Å². The summed E-state index contributed by atoms with van der Waals surface area (Å²) >= 11 is 0. The second kappa shape index (κ2) is 7.77. The number of hydrogen-bond acceptors (Lipinski definition) is 5. The second-order valence-corrected chi connectivity index (χ2v) is 13.8. The zero-order valence-corrected chi connectivity index (χ0v) is 20.2. The number of carbonyl (C=O) groups is 2. The predicted molar refractivity (Wildman–Crippen MR) is 128 cm³/mol. The molecule has 0 aliphatic carbocycles. The maximum absolute atomic E-state index is 14.2. The normalized spacial score (nSPS) is 29.1. The fourth-order valence-electron chi connectivity index (χ4n) is 5.98. The van der Waals surface area contributed by atoms with Crippen LogP contribution in [-0.2, 0) is 19.9 Å². The van der Waals surface area contributed by atoms with Gasteiger partial charge in [0.25, 0.3) is 5.91 Å². The number of benzene rings is 2. The molecule has 5 rings (SSSR count). The standard InChI is InChI=1S/C25H30N2O5Si/c1-16-23(33(2,3)31)21(12-14-28)32-25(16)19-15-18(26-13-11-22(26)29)9-10-20(19)27(24(25)30)17-7-5-4-6-8-17/h4-10,15-16,21,23,28,31H,11-14H2,1-3H3/t16-,21+,23-,25+/m1/s1. The van der Waals surface area contributed by atoms with Gasteiger partial charge in [-0.3, -0.25) is 14.5 Å². The lowest BCUT2D eigenvalue weighted by Gasteiger charge is -2.33. The largest absolute Gasteiger partial charge is 0.432 e. The number of fused-ring (bicyclic) bond motifs is 2. The fraction of sp³-hybridized carbons (Fsp3) is 0.440. The summed E-state index contributed by atoms with van der Waals surface area (Å²) in [4.78, 5) is 41.0. The van der Waals surface area contributed by atoms with Crippen molar-refractivity contribution < 1.29 is 24.2 Å². The number of amides is 2. The first-order valence-electron chi connectivity index (χ1n) is 11.6. The minimum atomic E-state index is -2.75. The van der Waals surface area contributed by atoms with Crippen LogP contribution in [0.5, 0.6) is 0 Å². The molecule has 2 aromatic rings. The van der Waals surface area contributed by atoms with Gasteiger partial charge < -0.3 is 19.5 Å². The molecule has 2 N–H and O–H groups in total. The molecule has 0 aromatic heterocycles. The summed E-state index contributed by atoms with van der Waals surface area (Å²) in [7, 11) is -2.75. The van der Waals surface area contributed by atoms with Crippen LogP contribution in [0.1, 0.15) is 25.3 Å². The lowest BCUT2D eigenvalue weighted by atomic mass is 9.82. The number of aliphatic hydroxyl groups is 1. The van der Waals surface area contributed by atoms with E-state index in [1.54, 1.807) is 9.80 Å². The van der Waals surface area contributed by atoms with Gasteiger partial charge in [0.1, 0.15) is 0 Å². The topological polar surface area (TPSA) is 90.3 Å². The van der Waals surface area contributed by atoms with Gasteiger partial charge in [0.2, 0.25) is 5.91 Å². The summed E-state index contributed by atoms with van der Waals surface area (Å²) < 4.78 is 6.63. The molecule has 7 nitrogen and oxygen atoms in total. The summed E-state index contributed by atoms with van der Waals surface area (Å²) in [6, 6.07) is 15.1. The lowest BCUT2D eigenvalue weighted by molar-refractivity contribution is -0.145. The van der Waals surface area contributed by atoms with Gasteiger partial charge in [-0.2, -0.15) is 0 Å². The Morgan fingerprint density at radius 2 is 1.85 bits per heavy atom. The number of ether oxygens (including phenoxy) is 1. The highest BCUT2D eigenvalue weighted by Gasteiger charge is 2.66. The molecule has 2 amide bonds. The Hall–Kier alpha value is -2.52. The van der Waals surface area contributed by atoms with Crippen LogP contribution in [0.3, 0.4) is 0 Å². The van der Waals surface area contributed by atoms with Gasteiger partial charge in [-0.15, -0.1) is 0 Å². The molecule has 2 saturated heterocycles. The third-order valence-corrected chi connectivity index (χ3v) is 9.97. The Labute approximate surface area is 194 Å². The molecule has 2 fully saturated rings. The van der Waals surface area contributed by atoms with Crippen LogP contribution in [0.2, 0.25) is 18.6 Å². The summed E-state index contributed by atoms with van der Waals surface area (Å²) in [5.41, 5.74) is 1.44. The molecule has 3 aliphatic heterocycles. The van der Waals surface area contributed by atoms with Gasteiger partial charge in [0.15, 0.2) is 13.9 Å². The van der Waals surface area contributed by atoms with Crippen molar-refractivity contribution in [3.63, 3.8) is 0 Å². The van der Waals surface area contributed by atoms with Crippen LogP contribution in [0.25, 0.3) is 0 Å². The molecule has 2 aromatic carbocycles. The minimum Gasteiger partial charge on any atom is -0.432 e. The van der Waals surface area contributed by atoms with Crippen molar-refractivity contribution in [2.75, 3.05) is 23.0 Å². The first kappa shape index (κ1) is 22.3. The predicted octanol–water partition coefficient (Wildman–Crippen LogP) is 3.28. The number of β-lactam (4-membered cyclic amide) rings is 1. The molecule has 4 atom stereocenters. The zero-order valence-electron chi connectivity index (χ0n) is 19.2. The molecular formula is C25H30N2O5Si. The number of carbonyl (C=O) groups excluding carboxylic acids is 2. The van der Waals surface area contributed by atoms with E-state index in [1.807, 2.05) is 68.5 Å². The van der Waals surface area contributed by atoms with Crippen LogP contribution in [0.4, 0.5) is 17.1 Å². The van der Waals surface area contributed by atoms with Gasteiger partial charge in [-0.1, -0.05) is 25.1 Å². The maximum Gasteiger partial charge on any atom is 0.268 e. The Kier molecular flexibility index (Phi) is 5.24. The van der Waals surface area contributed by atoms with Crippen molar-refractivity contribution in [1.29, 1.82) is 0 Å². The van der Waals surface area contributed by atoms with Crippen LogP contribution < -0.4 is 9.80 Å². The van der Waals surface area contributed by atoms with Crippen molar-refractivity contribution in [2.24, 2.45) is 5.92 Å². The van der Waals surface area contributed by atoms with Gasteiger partial charge in [0.05, 0.1) is 11.8 Å². The molecule has 0 bridgehead atoms. The molecular weight excluding hydrogens is 436 g/mol. The molecule has 33 heavy (non-hydrogen) atoms. The van der Waals surface area contributed by atoms with Crippen LogP contribution in [0.15, 0.2) is 48.5 Å². The molecule has 3 aliphatic rings. The van der Waals surface area contributed by atoms with Crippen molar-refractivity contribution in [1.82, 2.24) is 0 Å². The van der Waals surface area contributed by atoms with E-state index < -0.39 is 20.0 Å². The molecule has 0 unspecified atom stereocenters. The maximum atomic E-state index is 14.2. The fourth-order valence-corrected chi connectivity index (χ4v) is 8.58. The first-order valence-corrected chi connectivity index (χ1v) is 14.6. The van der Waals surface area contributed by atoms with E-state index in [1.165, 1.54) is 0 Å². The number of aliphatic hydroxyl groups excluding tert-OH is 1. The Morgan fingerprint density at radius 3 is 2.42 bits per heavy atom. The van der Waals surface area contributed by atoms with E-state index in [2.05, 4.69) is 0 Å². The number of rotatable bonds is 5. The van der Waals surface area contributed by atoms with E-state index in [0.29, 0.717) is 19.4 Å². The van der Waals surface area contributed by atoms with Gasteiger partial charge in [-0.25, -0.2) is 0 Å². The molecule has 0 saturated carbocycles. The van der Waals surface area contributed by atoms with E-state index in [4.69, 9.17) is 4.74 Å². The third kappa shape index (κ3) is 3.19. The number of hydrogen-bond donors (Lipinski definition) is 2. The molecule has 0 radical (unpaired) electrons. The average molecular weight is 467 g/mol. The van der Waals surface area contributed by atoms with Gasteiger partial charge in [-0.05, 0) is 49.8 Å². The van der Waals surface area contributed by atoms with Crippen molar-refractivity contribution in [3.05, 3.63) is 54.1 Å². The van der Waals surface area contributed by atoms with Crippen LogP contribution in [0, 0.1) is 5.92 Å². The van der Waals surface area contributed by atoms with E-state index in [-0.39, 0.29) is 29.9 Å². The van der Waals surface area contributed by atoms with Crippen molar-refractivity contribution in [3.8, 4) is 0 Å². The highest BCUT2D eigenvalue weighted by Crippen LogP contribution is 2.61. The Morgan fingerprint density at radius 1 is 1.12 bits per heavy atom. The monoisotopic (exact) mass is 466 g/mol. The lowest BCUT2D eigenvalue weighted by Crippen LogP contribution is -2.45. The smallest absolute Gasteiger partial charge is 0.268 e. The third-order valence-electron chi connectivity index (χ3n) is 7.47. The Balaban J connectivity index is 1.70. The summed E-state index contributed by atoms with van der Waals surface area (Å²) in [6.45, 7) is 6.28. The van der Waals surface area contributed by atoms with Crippen molar-refractivity contribution in [2.45, 2.75) is 50.1 Å². The Bertz CT molecular complexity index is 1100. The highest BCUT2D eigenvalue weighted by atomic mass is 28.4. The van der Waals surface area contributed by atoms with E-state index >= 15 is 0 Å². The van der Waals surface area contributed by atoms with Gasteiger partial charge in [0, 0.05) is 48.0 Å². The quantitative estimate of drug-likeness (QED) is 0.521. The van der Waals surface area contributed by atoms with E-state index in [0.717, 1.165) is 22.6 Å². The molecule has 8 heteroatoms. The summed E-state index contributed by atoms with van der Waals surface area (Å²) in [5, 5.41) is 9.72. The first-order chi connectivity index (χ1) is 15.7. The second-order valence-electron chi connectivity index (χ2n) is 9.85.